The highest BCUT2D eigenvalue weighted by Gasteiger charge is 2.68. The van der Waals surface area contributed by atoms with E-state index in [9.17, 15) is 28.7 Å². The number of hydrogen-bond donors (Lipinski definition) is 1. The number of phenolic OH excluding ortho intramolecular Hbond substituents is 1. The number of amides is 4. The van der Waals surface area contributed by atoms with Crippen molar-refractivity contribution in [2.45, 2.75) is 32.2 Å². The van der Waals surface area contributed by atoms with E-state index in [1.807, 2.05) is 36.4 Å². The highest BCUT2D eigenvalue weighted by Crippen LogP contribution is 2.65. The smallest absolute Gasteiger partial charge is 0.241 e. The van der Waals surface area contributed by atoms with E-state index in [1.165, 1.54) is 24.1 Å². The van der Waals surface area contributed by atoms with Gasteiger partial charge in [-0.25, -0.2) is 9.29 Å². The summed E-state index contributed by atoms with van der Waals surface area (Å²) in [6.45, 7) is 1.88. The Kier molecular flexibility index (Phi) is 7.88. The summed E-state index contributed by atoms with van der Waals surface area (Å²) in [5.74, 6) is -5.78. The van der Waals surface area contributed by atoms with Gasteiger partial charge >= 0.3 is 0 Å². The van der Waals surface area contributed by atoms with Crippen molar-refractivity contribution in [3.63, 3.8) is 0 Å². The molecule has 0 aromatic heterocycles. The molecule has 2 aliphatic heterocycles. The van der Waals surface area contributed by atoms with Crippen LogP contribution >= 0.6 is 43.5 Å². The first-order chi connectivity index (χ1) is 22.4. The number of methoxy groups -OCH3 is 1. The Morgan fingerprint density at radius 1 is 1.00 bits per heavy atom. The second-order valence-electron chi connectivity index (χ2n) is 12.7. The number of benzene rings is 3. The van der Waals surface area contributed by atoms with E-state index in [1.54, 1.807) is 13.0 Å². The van der Waals surface area contributed by atoms with E-state index in [4.69, 9.17) is 16.3 Å². The topological polar surface area (TPSA) is 104 Å². The van der Waals surface area contributed by atoms with E-state index >= 15 is 0 Å². The van der Waals surface area contributed by atoms with Gasteiger partial charge in [-0.15, -0.1) is 0 Å². The molecule has 1 saturated carbocycles. The zero-order valence-corrected chi connectivity index (χ0v) is 29.1. The predicted octanol–water partition coefficient (Wildman–Crippen LogP) is 7.15. The van der Waals surface area contributed by atoms with Crippen LogP contribution in [-0.2, 0) is 25.7 Å². The number of carbonyl (C=O) groups excluding carboxylic acids is 4. The van der Waals surface area contributed by atoms with Crippen LogP contribution in [0.1, 0.15) is 36.8 Å². The first-order valence-corrected chi connectivity index (χ1v) is 17.0. The lowest BCUT2D eigenvalue weighted by atomic mass is 9.51. The molecule has 2 saturated heterocycles. The van der Waals surface area contributed by atoms with Gasteiger partial charge in [-0.1, -0.05) is 53.6 Å². The molecule has 6 unspecified atom stereocenters. The maximum atomic E-state index is 14.6. The van der Waals surface area contributed by atoms with Crippen molar-refractivity contribution in [1.29, 1.82) is 0 Å². The monoisotopic (exact) mass is 784 g/mol. The standard InChI is InChI=1S/C35H28Br2ClFN2O6/c1-35-22(32(44)41(34(35)46)17-8-11-24(39)23(38)12-17)13-20-18(27(35)21-14-25(47-2)30(42)29(37)28(21)36)9-10-19-26(20)33(45)40(31(19)43)15-16-6-4-3-5-7-16/h3-9,11-12,14,19-20,22,26-27,42H,10,13,15H2,1-2H3. The van der Waals surface area contributed by atoms with Gasteiger partial charge in [-0.3, -0.25) is 24.1 Å². The summed E-state index contributed by atoms with van der Waals surface area (Å²) < 4.78 is 20.4. The highest BCUT2D eigenvalue weighted by atomic mass is 79.9. The second-order valence-corrected chi connectivity index (χ2v) is 14.6. The predicted molar refractivity (Wildman–Crippen MR) is 178 cm³/mol. The summed E-state index contributed by atoms with van der Waals surface area (Å²) in [7, 11) is 1.41. The molecule has 1 N–H and O–H groups in total. The minimum Gasteiger partial charge on any atom is -0.503 e. The number of phenols is 1. The molecule has 47 heavy (non-hydrogen) atoms. The molecule has 0 bridgehead atoms. The van der Waals surface area contributed by atoms with Gasteiger partial charge in [0.2, 0.25) is 23.6 Å². The number of likely N-dealkylation sites (tertiary alicyclic amines) is 1. The fraction of sp³-hybridized carbons (Fsp3) is 0.314. The fourth-order valence-corrected chi connectivity index (χ4v) is 9.32. The maximum Gasteiger partial charge on any atom is 0.241 e. The first kappa shape index (κ1) is 32.0. The van der Waals surface area contributed by atoms with Crippen LogP contribution in [0.2, 0.25) is 5.02 Å². The van der Waals surface area contributed by atoms with Gasteiger partial charge < -0.3 is 9.84 Å². The number of aromatic hydroxyl groups is 1. The lowest BCUT2D eigenvalue weighted by Gasteiger charge is -2.49. The molecule has 242 valence electrons. The van der Waals surface area contributed by atoms with Crippen LogP contribution in [0.15, 0.2) is 75.2 Å². The molecule has 12 heteroatoms. The molecule has 2 aliphatic carbocycles. The quantitative estimate of drug-likeness (QED) is 0.218. The highest BCUT2D eigenvalue weighted by molar-refractivity contribution is 9.13. The third-order valence-corrected chi connectivity index (χ3v) is 12.9. The third kappa shape index (κ3) is 4.63. The zero-order valence-electron chi connectivity index (χ0n) is 25.2. The molecule has 3 fully saturated rings. The van der Waals surface area contributed by atoms with Crippen molar-refractivity contribution >= 4 is 72.8 Å². The lowest BCUT2D eigenvalue weighted by Crippen LogP contribution is -2.49. The number of imide groups is 2. The molecular formula is C35H28Br2ClFN2O6. The fourth-order valence-electron chi connectivity index (χ4n) is 8.19. The summed E-state index contributed by atoms with van der Waals surface area (Å²) >= 11 is 13.2. The molecule has 6 atom stereocenters. The molecule has 0 spiro atoms. The number of ether oxygens (including phenoxy) is 1. The Labute approximate surface area is 291 Å². The molecule has 7 rings (SSSR count). The molecule has 0 radical (unpaired) electrons. The number of nitrogens with zero attached hydrogens (tertiary/aromatic N) is 2. The minimum atomic E-state index is -1.37. The Balaban J connectivity index is 1.39. The van der Waals surface area contributed by atoms with Gasteiger partial charge in [0.15, 0.2) is 11.5 Å². The van der Waals surface area contributed by atoms with Crippen molar-refractivity contribution in [2.75, 3.05) is 12.0 Å². The van der Waals surface area contributed by atoms with Crippen molar-refractivity contribution in [1.82, 2.24) is 4.90 Å². The number of halogens is 4. The van der Waals surface area contributed by atoms with Crippen molar-refractivity contribution in [2.24, 2.45) is 29.1 Å². The molecule has 8 nitrogen and oxygen atoms in total. The Morgan fingerprint density at radius 3 is 2.40 bits per heavy atom. The number of fused-ring (bicyclic) bond motifs is 4. The van der Waals surface area contributed by atoms with Gasteiger partial charge in [0.05, 0.1) is 52.0 Å². The van der Waals surface area contributed by atoms with E-state index in [0.29, 0.717) is 14.5 Å². The number of carbonyl (C=O) groups is 4. The van der Waals surface area contributed by atoms with Crippen molar-refractivity contribution in [3.05, 3.63) is 97.2 Å². The largest absolute Gasteiger partial charge is 0.503 e. The number of anilines is 1. The average molecular weight is 787 g/mol. The maximum absolute atomic E-state index is 14.6. The first-order valence-electron chi connectivity index (χ1n) is 15.1. The van der Waals surface area contributed by atoms with Crippen molar-refractivity contribution < 1.29 is 33.4 Å². The minimum absolute atomic E-state index is 0.139. The van der Waals surface area contributed by atoms with E-state index in [2.05, 4.69) is 31.9 Å². The Morgan fingerprint density at radius 2 is 1.72 bits per heavy atom. The van der Waals surface area contributed by atoms with E-state index in [-0.39, 0.29) is 53.4 Å². The van der Waals surface area contributed by atoms with Crippen LogP contribution in [0.3, 0.4) is 0 Å². The van der Waals surface area contributed by atoms with Crippen LogP contribution in [0, 0.1) is 34.9 Å². The summed E-state index contributed by atoms with van der Waals surface area (Å²) in [5.41, 5.74) is 0.928. The molecule has 3 aromatic carbocycles. The Hall–Kier alpha value is -3.54. The van der Waals surface area contributed by atoms with Crippen LogP contribution in [-0.4, -0.2) is 40.7 Å². The number of hydrogen-bond acceptors (Lipinski definition) is 6. The zero-order chi connectivity index (χ0) is 33.5. The van der Waals surface area contributed by atoms with Gasteiger partial charge in [-0.2, -0.15) is 0 Å². The third-order valence-electron chi connectivity index (χ3n) is 10.4. The number of allylic oxidation sites excluding steroid dienone is 2. The normalized spacial score (nSPS) is 28.3. The van der Waals surface area contributed by atoms with Crippen LogP contribution in [0.5, 0.6) is 11.5 Å². The second kappa shape index (κ2) is 11.6. The molecule has 4 aliphatic rings. The van der Waals surface area contributed by atoms with Gasteiger partial charge in [0.25, 0.3) is 0 Å². The Bertz CT molecular complexity index is 1920. The molecular weight excluding hydrogens is 759 g/mol. The van der Waals surface area contributed by atoms with Gasteiger partial charge in [-0.05, 0) is 92.9 Å². The molecule has 3 aromatic rings. The van der Waals surface area contributed by atoms with E-state index < -0.39 is 52.6 Å². The van der Waals surface area contributed by atoms with Gasteiger partial charge in [0, 0.05) is 10.4 Å². The SMILES string of the molecule is COc1cc(C2C3=CCC4C(=O)N(Cc5ccccc5)C(=O)C4C3CC3C(=O)N(c4ccc(F)c(Cl)c4)C(=O)C32C)c(Br)c(Br)c1O. The molecule has 4 amide bonds. The van der Waals surface area contributed by atoms with Crippen LogP contribution < -0.4 is 9.64 Å². The number of rotatable bonds is 5. The molecule has 2 heterocycles. The summed E-state index contributed by atoms with van der Waals surface area (Å²) in [6.07, 6.45) is 2.39. The van der Waals surface area contributed by atoms with Gasteiger partial charge in [0.1, 0.15) is 5.82 Å². The summed E-state index contributed by atoms with van der Waals surface area (Å²) in [5, 5.41) is 10.5. The average Bonchev–Trinajstić information content (AvgIpc) is 3.41. The van der Waals surface area contributed by atoms with Crippen LogP contribution in [0.4, 0.5) is 10.1 Å². The lowest BCUT2D eigenvalue weighted by molar-refractivity contribution is -0.141. The van der Waals surface area contributed by atoms with E-state index in [0.717, 1.165) is 22.1 Å². The summed E-state index contributed by atoms with van der Waals surface area (Å²) in [4.78, 5) is 59.3. The summed E-state index contributed by atoms with van der Waals surface area (Å²) in [6, 6.07) is 14.6. The van der Waals surface area contributed by atoms with Crippen molar-refractivity contribution in [3.8, 4) is 11.5 Å². The van der Waals surface area contributed by atoms with Crippen LogP contribution in [0.25, 0.3) is 0 Å².